The Morgan fingerprint density at radius 2 is 2.45 bits per heavy atom. The van der Waals surface area contributed by atoms with Crippen LogP contribution in [0.2, 0.25) is 0 Å². The number of ether oxygens (including phenoxy) is 1. The van der Waals surface area contributed by atoms with E-state index in [0.717, 1.165) is 0 Å². The summed E-state index contributed by atoms with van der Waals surface area (Å²) in [6, 6.07) is 5.81. The van der Waals surface area contributed by atoms with Gasteiger partial charge >= 0.3 is 5.97 Å². The number of carbonyl (C=O) groups excluding carboxylic acids is 1. The second-order valence-electron chi connectivity index (χ2n) is 2.07. The van der Waals surface area contributed by atoms with Crippen molar-refractivity contribution in [1.29, 1.82) is 0 Å². The second-order valence-corrected chi connectivity index (χ2v) is 2.07. The van der Waals surface area contributed by atoms with Gasteiger partial charge in [-0.05, 0) is 19.0 Å². The van der Waals surface area contributed by atoms with Crippen molar-refractivity contribution in [3.8, 4) is 0 Å². The maximum atomic E-state index is 11.1. The first-order chi connectivity index (χ1) is 6.45. The molecule has 0 aliphatic carbocycles. The van der Waals surface area contributed by atoms with Gasteiger partial charge in [0.1, 0.15) is 0 Å². The summed E-state index contributed by atoms with van der Waals surface area (Å²) in [4.78, 5) is 11.1. The largest absolute Gasteiger partial charge is 0.465 e. The van der Waals surface area contributed by atoms with E-state index in [1.165, 1.54) is 31.4 Å². The highest BCUT2D eigenvalue weighted by Gasteiger charge is 2.02. The Morgan fingerprint density at radius 3 is 3.09 bits per heavy atom. The number of esters is 1. The Kier molecular flexibility index (Phi) is 1.32. The number of carbonyl (C=O) groups is 1. The van der Waals surface area contributed by atoms with Crippen LogP contribution in [0.5, 0.6) is 0 Å². The predicted molar refractivity (Wildman–Crippen MR) is 42.5 cm³/mol. The highest BCUT2D eigenvalue weighted by molar-refractivity contribution is 5.89. The maximum Gasteiger partial charge on any atom is 0.337 e. The van der Waals surface area contributed by atoms with Gasteiger partial charge in [0, 0.05) is 4.11 Å². The number of hydrogen-bond donors (Lipinski definition) is 0. The van der Waals surface area contributed by atoms with Gasteiger partial charge < -0.3 is 4.74 Å². The van der Waals surface area contributed by atoms with Gasteiger partial charge in [-0.3, -0.25) is 0 Å². The van der Waals surface area contributed by atoms with Crippen LogP contribution < -0.4 is 0 Å². The minimum atomic E-state index is -2.19. The lowest BCUT2D eigenvalue weighted by Gasteiger charge is -1.98. The highest BCUT2D eigenvalue weighted by Crippen LogP contribution is 2.04. The molecule has 0 saturated heterocycles. The molecule has 1 aromatic rings. The van der Waals surface area contributed by atoms with E-state index in [-0.39, 0.29) is 11.1 Å². The minimum Gasteiger partial charge on any atom is -0.465 e. The van der Waals surface area contributed by atoms with E-state index in [2.05, 4.69) is 4.74 Å². The van der Waals surface area contributed by atoms with E-state index in [0.29, 0.717) is 0 Å². The van der Waals surface area contributed by atoms with Crippen LogP contribution in [0.3, 0.4) is 0 Å². The van der Waals surface area contributed by atoms with Crippen LogP contribution in [0.4, 0.5) is 0 Å². The van der Waals surface area contributed by atoms with Gasteiger partial charge in [-0.2, -0.15) is 0 Å². The van der Waals surface area contributed by atoms with Gasteiger partial charge in [-0.25, -0.2) is 4.79 Å². The summed E-state index contributed by atoms with van der Waals surface area (Å²) in [7, 11) is 1.25. The molecule has 0 bridgehead atoms. The fourth-order valence-electron chi connectivity index (χ4n) is 0.764. The molecule has 2 nitrogen and oxygen atoms in total. The summed E-state index contributed by atoms with van der Waals surface area (Å²) >= 11 is 0. The SMILES string of the molecule is [2H]C([2H])([2H])c1cccc(C(=O)OC)c1. The summed E-state index contributed by atoms with van der Waals surface area (Å²) in [5.41, 5.74) is 0.390. The molecule has 0 aliphatic rings. The van der Waals surface area contributed by atoms with Crippen molar-refractivity contribution in [2.24, 2.45) is 0 Å². The predicted octanol–water partition coefficient (Wildman–Crippen LogP) is 1.78. The number of rotatable bonds is 1. The molecule has 0 unspecified atom stereocenters. The monoisotopic (exact) mass is 153 g/mol. The summed E-state index contributed by atoms with van der Waals surface area (Å²) in [5.74, 6) is -0.531. The van der Waals surface area contributed by atoms with Crippen molar-refractivity contribution < 1.29 is 13.6 Å². The zero-order valence-electron chi connectivity index (χ0n) is 9.13. The van der Waals surface area contributed by atoms with Crippen LogP contribution in [0, 0.1) is 6.85 Å². The zero-order chi connectivity index (χ0) is 10.8. The maximum absolute atomic E-state index is 11.1. The Balaban J connectivity index is 3.08. The molecule has 1 aromatic carbocycles. The summed E-state index contributed by atoms with van der Waals surface area (Å²) < 4.78 is 25.9. The van der Waals surface area contributed by atoms with Gasteiger partial charge in [-0.1, -0.05) is 17.7 Å². The number of methoxy groups -OCH3 is 1. The van der Waals surface area contributed by atoms with Crippen LogP contribution in [-0.2, 0) is 4.74 Å². The molecule has 0 N–H and O–H groups in total. The number of aryl methyl sites for hydroxylation is 1. The van der Waals surface area contributed by atoms with Crippen molar-refractivity contribution in [3.63, 3.8) is 0 Å². The molecule has 0 spiro atoms. The van der Waals surface area contributed by atoms with E-state index in [9.17, 15) is 4.79 Å². The molecule has 1 rings (SSSR count). The van der Waals surface area contributed by atoms with Crippen LogP contribution >= 0.6 is 0 Å². The van der Waals surface area contributed by atoms with Crippen molar-refractivity contribution in [2.45, 2.75) is 6.85 Å². The summed E-state index contributed by atoms with van der Waals surface area (Å²) in [6.45, 7) is -2.19. The third-order valence-corrected chi connectivity index (χ3v) is 1.28. The molecule has 0 heterocycles. The molecule has 2 heteroatoms. The first-order valence-electron chi connectivity index (χ1n) is 4.64. The fourth-order valence-corrected chi connectivity index (χ4v) is 0.764. The van der Waals surface area contributed by atoms with Crippen molar-refractivity contribution in [1.82, 2.24) is 0 Å². The average molecular weight is 153 g/mol. The molecule has 11 heavy (non-hydrogen) atoms. The van der Waals surface area contributed by atoms with E-state index in [1.54, 1.807) is 0 Å². The molecule has 0 amide bonds. The zero-order valence-corrected chi connectivity index (χ0v) is 6.13. The lowest BCUT2D eigenvalue weighted by Crippen LogP contribution is -2.00. The topological polar surface area (TPSA) is 26.3 Å². The van der Waals surface area contributed by atoms with Gasteiger partial charge in [0.05, 0.1) is 12.7 Å². The van der Waals surface area contributed by atoms with Gasteiger partial charge in [-0.15, -0.1) is 0 Å². The smallest absolute Gasteiger partial charge is 0.337 e. The number of hydrogen-bond acceptors (Lipinski definition) is 2. The minimum absolute atomic E-state index is 0.139. The van der Waals surface area contributed by atoms with Crippen molar-refractivity contribution >= 4 is 5.97 Å². The Labute approximate surface area is 70.0 Å². The molecule has 0 atom stereocenters. The summed E-state index contributed by atoms with van der Waals surface area (Å²) in [5, 5.41) is 0. The van der Waals surface area contributed by atoms with E-state index < -0.39 is 12.8 Å². The van der Waals surface area contributed by atoms with Crippen LogP contribution in [-0.4, -0.2) is 13.1 Å². The van der Waals surface area contributed by atoms with Crippen LogP contribution in [0.15, 0.2) is 24.3 Å². The van der Waals surface area contributed by atoms with Crippen LogP contribution in [0.25, 0.3) is 0 Å². The van der Waals surface area contributed by atoms with E-state index >= 15 is 0 Å². The summed E-state index contributed by atoms with van der Waals surface area (Å²) in [6.07, 6.45) is 0. The molecule has 0 aliphatic heterocycles. The Bertz CT molecular complexity index is 344. The molecule has 0 radical (unpaired) electrons. The van der Waals surface area contributed by atoms with Crippen LogP contribution in [0.1, 0.15) is 20.0 Å². The first kappa shape index (κ1) is 4.54. The molecule has 0 fully saturated rings. The molecular formula is C9H10O2. The third-order valence-electron chi connectivity index (χ3n) is 1.28. The van der Waals surface area contributed by atoms with Gasteiger partial charge in [0.15, 0.2) is 0 Å². The Morgan fingerprint density at radius 1 is 1.64 bits per heavy atom. The van der Waals surface area contributed by atoms with Crippen molar-refractivity contribution in [2.75, 3.05) is 7.11 Å². The van der Waals surface area contributed by atoms with Crippen molar-refractivity contribution in [3.05, 3.63) is 35.4 Å². The quantitative estimate of drug-likeness (QED) is 0.575. The standard InChI is InChI=1S/C9H10O2/c1-7-4-3-5-8(6-7)9(10)11-2/h3-6H,1-2H3/i1D3. The average Bonchev–Trinajstić information content (AvgIpc) is 2.15. The molecular weight excluding hydrogens is 140 g/mol. The number of benzene rings is 1. The van der Waals surface area contributed by atoms with Gasteiger partial charge in [0.2, 0.25) is 0 Å². The third kappa shape index (κ3) is 1.80. The molecule has 0 saturated carbocycles. The van der Waals surface area contributed by atoms with E-state index in [4.69, 9.17) is 4.11 Å². The van der Waals surface area contributed by atoms with E-state index in [1.807, 2.05) is 0 Å². The molecule has 58 valence electrons. The lowest BCUT2D eigenvalue weighted by atomic mass is 10.1. The second kappa shape index (κ2) is 3.19. The molecule has 0 aromatic heterocycles. The normalized spacial score (nSPS) is 14.5. The lowest BCUT2D eigenvalue weighted by molar-refractivity contribution is 0.0600. The van der Waals surface area contributed by atoms with Gasteiger partial charge in [0.25, 0.3) is 0 Å². The Hall–Kier alpha value is -1.31. The fraction of sp³-hybridized carbons (Fsp3) is 0.222. The highest BCUT2D eigenvalue weighted by atomic mass is 16.5. The first-order valence-corrected chi connectivity index (χ1v) is 3.14.